The van der Waals surface area contributed by atoms with Crippen molar-refractivity contribution in [3.63, 3.8) is 0 Å². The Kier molecular flexibility index (Phi) is 5.60. The Bertz CT molecular complexity index is 481. The van der Waals surface area contributed by atoms with Crippen molar-refractivity contribution in [2.75, 3.05) is 27.7 Å². The zero-order chi connectivity index (χ0) is 14.3. The molecule has 19 heavy (non-hydrogen) atoms. The van der Waals surface area contributed by atoms with E-state index in [1.807, 2.05) is 24.3 Å². The predicted molar refractivity (Wildman–Crippen MR) is 73.7 cm³/mol. The maximum atomic E-state index is 11.5. The molecule has 0 bridgehead atoms. The van der Waals surface area contributed by atoms with Gasteiger partial charge in [0.1, 0.15) is 5.75 Å². The van der Waals surface area contributed by atoms with E-state index in [1.165, 1.54) is 11.0 Å². The molecule has 5 nitrogen and oxygen atoms in total. The van der Waals surface area contributed by atoms with Crippen molar-refractivity contribution >= 4 is 17.9 Å². The van der Waals surface area contributed by atoms with E-state index in [9.17, 15) is 9.59 Å². The summed E-state index contributed by atoms with van der Waals surface area (Å²) >= 11 is 0. The summed E-state index contributed by atoms with van der Waals surface area (Å²) in [6.45, 7) is -0.00567. The lowest BCUT2D eigenvalue weighted by molar-refractivity contribution is -0.129. The molecule has 0 saturated heterocycles. The van der Waals surface area contributed by atoms with Gasteiger partial charge >= 0.3 is 0 Å². The van der Waals surface area contributed by atoms with Crippen LogP contribution >= 0.6 is 0 Å². The molecule has 5 heteroatoms. The molecule has 0 aromatic heterocycles. The maximum Gasteiger partial charge on any atom is 0.244 e. The van der Waals surface area contributed by atoms with Crippen LogP contribution in [0.25, 0.3) is 6.08 Å². The van der Waals surface area contributed by atoms with Gasteiger partial charge in [0.15, 0.2) is 0 Å². The van der Waals surface area contributed by atoms with Gasteiger partial charge in [0.05, 0.1) is 13.7 Å². The number of amides is 2. The van der Waals surface area contributed by atoms with Crippen LogP contribution in [0.15, 0.2) is 30.3 Å². The van der Waals surface area contributed by atoms with Crippen molar-refractivity contribution in [1.29, 1.82) is 0 Å². The van der Waals surface area contributed by atoms with Crippen LogP contribution in [0.4, 0.5) is 0 Å². The Labute approximate surface area is 112 Å². The zero-order valence-corrected chi connectivity index (χ0v) is 11.3. The molecule has 0 spiro atoms. The van der Waals surface area contributed by atoms with E-state index in [0.29, 0.717) is 0 Å². The molecule has 0 heterocycles. The topological polar surface area (TPSA) is 58.6 Å². The number of carbonyl (C=O) groups excluding carboxylic acids is 2. The normalized spacial score (nSPS) is 10.3. The van der Waals surface area contributed by atoms with Crippen LogP contribution in [0.3, 0.4) is 0 Å². The first-order chi connectivity index (χ1) is 9.02. The lowest BCUT2D eigenvalue weighted by Crippen LogP contribution is -2.35. The average molecular weight is 262 g/mol. The second kappa shape index (κ2) is 7.20. The lowest BCUT2D eigenvalue weighted by Gasteiger charge is -2.09. The summed E-state index contributed by atoms with van der Waals surface area (Å²) < 4.78 is 5.08. The number of rotatable bonds is 5. The van der Waals surface area contributed by atoms with Gasteiger partial charge in [-0.1, -0.05) is 12.1 Å². The summed E-state index contributed by atoms with van der Waals surface area (Å²) in [5, 5.41) is 2.51. The van der Waals surface area contributed by atoms with Gasteiger partial charge in [0, 0.05) is 20.2 Å². The summed E-state index contributed by atoms with van der Waals surface area (Å²) in [6, 6.07) is 7.34. The summed E-state index contributed by atoms with van der Waals surface area (Å²) in [5.41, 5.74) is 0.855. The highest BCUT2D eigenvalue weighted by molar-refractivity contribution is 5.94. The largest absolute Gasteiger partial charge is 0.497 e. The van der Waals surface area contributed by atoms with E-state index in [0.717, 1.165) is 11.3 Å². The van der Waals surface area contributed by atoms with Crippen LogP contribution in [0, 0.1) is 0 Å². The van der Waals surface area contributed by atoms with Crippen molar-refractivity contribution in [2.24, 2.45) is 0 Å². The molecule has 0 fully saturated rings. The fourth-order valence-corrected chi connectivity index (χ4v) is 1.30. The molecule has 0 saturated carbocycles. The number of hydrogen-bond acceptors (Lipinski definition) is 3. The molecule has 0 aliphatic rings. The smallest absolute Gasteiger partial charge is 0.244 e. The molecule has 0 aliphatic carbocycles. The lowest BCUT2D eigenvalue weighted by atomic mass is 10.2. The minimum absolute atomic E-state index is 0.00567. The van der Waals surface area contributed by atoms with Gasteiger partial charge in [-0.2, -0.15) is 0 Å². The monoisotopic (exact) mass is 262 g/mol. The minimum atomic E-state index is -0.307. The highest BCUT2D eigenvalue weighted by Crippen LogP contribution is 2.13. The van der Waals surface area contributed by atoms with Crippen LogP contribution in [0.1, 0.15) is 5.56 Å². The SMILES string of the molecule is COc1cccc(/C=C/C(=O)NCC(=O)N(C)C)c1. The molecule has 1 aromatic rings. The van der Waals surface area contributed by atoms with Gasteiger partial charge < -0.3 is 15.0 Å². The van der Waals surface area contributed by atoms with Crippen LogP contribution in [0.5, 0.6) is 5.75 Å². The fourth-order valence-electron chi connectivity index (χ4n) is 1.30. The number of methoxy groups -OCH3 is 1. The van der Waals surface area contributed by atoms with Crippen molar-refractivity contribution < 1.29 is 14.3 Å². The minimum Gasteiger partial charge on any atom is -0.497 e. The first-order valence-electron chi connectivity index (χ1n) is 5.83. The van der Waals surface area contributed by atoms with E-state index in [4.69, 9.17) is 4.74 Å². The Morgan fingerprint density at radius 3 is 2.74 bits per heavy atom. The summed E-state index contributed by atoms with van der Waals surface area (Å²) in [5.74, 6) is 0.270. The van der Waals surface area contributed by atoms with Crippen molar-refractivity contribution in [3.05, 3.63) is 35.9 Å². The third kappa shape index (κ3) is 5.25. The van der Waals surface area contributed by atoms with Gasteiger partial charge in [-0.05, 0) is 23.8 Å². The number of carbonyl (C=O) groups is 2. The van der Waals surface area contributed by atoms with Gasteiger partial charge in [-0.25, -0.2) is 0 Å². The van der Waals surface area contributed by atoms with Crippen LogP contribution in [-0.4, -0.2) is 44.5 Å². The van der Waals surface area contributed by atoms with Gasteiger partial charge in [-0.3, -0.25) is 9.59 Å². The quantitative estimate of drug-likeness (QED) is 0.803. The molecular weight excluding hydrogens is 244 g/mol. The zero-order valence-electron chi connectivity index (χ0n) is 11.3. The molecule has 1 rings (SSSR count). The van der Waals surface area contributed by atoms with Gasteiger partial charge in [-0.15, -0.1) is 0 Å². The fraction of sp³-hybridized carbons (Fsp3) is 0.286. The maximum absolute atomic E-state index is 11.5. The Hall–Kier alpha value is -2.30. The van der Waals surface area contributed by atoms with Gasteiger partial charge in [0.2, 0.25) is 11.8 Å². The van der Waals surface area contributed by atoms with Crippen molar-refractivity contribution in [3.8, 4) is 5.75 Å². The van der Waals surface area contributed by atoms with E-state index >= 15 is 0 Å². The summed E-state index contributed by atoms with van der Waals surface area (Å²) in [4.78, 5) is 24.2. The number of hydrogen-bond donors (Lipinski definition) is 1. The standard InChI is InChI=1S/C14H18N2O3/c1-16(2)14(18)10-15-13(17)8-7-11-5-4-6-12(9-11)19-3/h4-9H,10H2,1-3H3,(H,15,17)/b8-7+. The van der Waals surface area contributed by atoms with Crippen LogP contribution in [0.2, 0.25) is 0 Å². The molecule has 0 aliphatic heterocycles. The second-order valence-electron chi connectivity index (χ2n) is 4.12. The molecule has 0 unspecified atom stereocenters. The average Bonchev–Trinajstić information content (AvgIpc) is 2.42. The summed E-state index contributed by atoms with van der Waals surface area (Å²) in [6.07, 6.45) is 3.05. The van der Waals surface area contributed by atoms with Crippen molar-refractivity contribution in [2.45, 2.75) is 0 Å². The Morgan fingerprint density at radius 2 is 2.11 bits per heavy atom. The summed E-state index contributed by atoms with van der Waals surface area (Å²) in [7, 11) is 4.86. The van der Waals surface area contributed by atoms with Crippen LogP contribution in [-0.2, 0) is 9.59 Å². The predicted octanol–water partition coefficient (Wildman–Crippen LogP) is 0.913. The number of ether oxygens (including phenoxy) is 1. The highest BCUT2D eigenvalue weighted by atomic mass is 16.5. The molecule has 0 atom stereocenters. The van der Waals surface area contributed by atoms with Crippen molar-refractivity contribution in [1.82, 2.24) is 10.2 Å². The molecule has 2 amide bonds. The Balaban J connectivity index is 2.51. The number of nitrogens with zero attached hydrogens (tertiary/aromatic N) is 1. The van der Waals surface area contributed by atoms with E-state index in [-0.39, 0.29) is 18.4 Å². The Morgan fingerprint density at radius 1 is 1.37 bits per heavy atom. The van der Waals surface area contributed by atoms with E-state index in [1.54, 1.807) is 27.3 Å². The second-order valence-corrected chi connectivity index (χ2v) is 4.12. The highest BCUT2D eigenvalue weighted by Gasteiger charge is 2.04. The molecule has 1 N–H and O–H groups in total. The molecular formula is C14H18N2O3. The van der Waals surface area contributed by atoms with Gasteiger partial charge in [0.25, 0.3) is 0 Å². The molecule has 102 valence electrons. The number of likely N-dealkylation sites (N-methyl/N-ethyl adjacent to an activating group) is 1. The first-order valence-corrected chi connectivity index (χ1v) is 5.83. The third-order valence-corrected chi connectivity index (χ3v) is 2.43. The van der Waals surface area contributed by atoms with E-state index in [2.05, 4.69) is 5.32 Å². The first kappa shape index (κ1) is 14.8. The number of benzene rings is 1. The third-order valence-electron chi connectivity index (χ3n) is 2.43. The number of nitrogens with one attached hydrogen (secondary N) is 1. The molecule has 0 radical (unpaired) electrons. The molecule has 1 aromatic carbocycles. The van der Waals surface area contributed by atoms with E-state index < -0.39 is 0 Å². The van der Waals surface area contributed by atoms with Crippen LogP contribution < -0.4 is 10.1 Å².